The Kier molecular flexibility index (Phi) is 5.64. The number of pyridine rings is 1. The third kappa shape index (κ3) is 3.91. The number of anilines is 2. The number of methoxy groups -OCH3 is 1. The van der Waals surface area contributed by atoms with Crippen molar-refractivity contribution in [2.45, 2.75) is 45.2 Å². The normalized spacial score (nSPS) is 17.3. The summed E-state index contributed by atoms with van der Waals surface area (Å²) < 4.78 is 7.50. The molecule has 0 saturated heterocycles. The second-order valence-electron chi connectivity index (χ2n) is 10.3. The average Bonchev–Trinajstić information content (AvgIpc) is 3.50. The zero-order chi connectivity index (χ0) is 27.5. The first-order chi connectivity index (χ1) is 18.7. The number of amides is 2. The van der Waals surface area contributed by atoms with Crippen molar-refractivity contribution in [1.82, 2.24) is 14.1 Å². The molecule has 10 heteroatoms. The summed E-state index contributed by atoms with van der Waals surface area (Å²) in [5.74, 6) is -0.391. The maximum Gasteiger partial charge on any atom is 0.330 e. The molecule has 4 aromatic rings. The highest BCUT2D eigenvalue weighted by Crippen LogP contribution is 2.46. The molecule has 1 unspecified atom stereocenters. The monoisotopic (exact) mass is 525 g/mol. The van der Waals surface area contributed by atoms with Gasteiger partial charge in [0.1, 0.15) is 18.9 Å². The minimum atomic E-state index is -0.695. The lowest BCUT2D eigenvalue weighted by atomic mass is 9.79. The molecular formula is C29H27N5O5. The molecule has 1 aliphatic heterocycles. The topological polar surface area (TPSA) is 124 Å². The van der Waals surface area contributed by atoms with Gasteiger partial charge in [-0.3, -0.25) is 23.5 Å². The lowest BCUT2D eigenvalue weighted by Crippen LogP contribution is -2.35. The van der Waals surface area contributed by atoms with Gasteiger partial charge in [0.25, 0.3) is 0 Å². The molecule has 2 amide bonds. The molecule has 2 N–H and O–H groups in total. The van der Waals surface area contributed by atoms with Crippen LogP contribution in [-0.4, -0.2) is 39.0 Å². The number of aryl methyl sites for hydroxylation is 2. The van der Waals surface area contributed by atoms with E-state index in [1.165, 1.54) is 16.2 Å². The largest absolute Gasteiger partial charge is 0.468 e. The van der Waals surface area contributed by atoms with Crippen LogP contribution in [0.3, 0.4) is 0 Å². The first-order valence-corrected chi connectivity index (χ1v) is 12.7. The lowest BCUT2D eigenvalue weighted by Gasteiger charge is -2.20. The van der Waals surface area contributed by atoms with Gasteiger partial charge in [-0.2, -0.15) is 0 Å². The zero-order valence-electron chi connectivity index (χ0n) is 21.8. The molecular weight excluding hydrogens is 498 g/mol. The van der Waals surface area contributed by atoms with Crippen molar-refractivity contribution in [2.24, 2.45) is 0 Å². The minimum Gasteiger partial charge on any atom is -0.468 e. The molecule has 2 aliphatic rings. The lowest BCUT2D eigenvalue weighted by molar-refractivity contribution is -0.141. The first kappa shape index (κ1) is 24.6. The van der Waals surface area contributed by atoms with Crippen LogP contribution in [0.25, 0.3) is 11.0 Å². The van der Waals surface area contributed by atoms with Crippen molar-refractivity contribution >= 4 is 40.3 Å². The molecule has 0 saturated carbocycles. The van der Waals surface area contributed by atoms with Crippen LogP contribution in [-0.2, 0) is 50.5 Å². The molecule has 39 heavy (non-hydrogen) atoms. The Labute approximate surface area is 223 Å². The Morgan fingerprint density at radius 1 is 1.05 bits per heavy atom. The van der Waals surface area contributed by atoms with Crippen LogP contribution in [0.1, 0.15) is 27.8 Å². The highest BCUT2D eigenvalue weighted by molar-refractivity contribution is 6.06. The van der Waals surface area contributed by atoms with E-state index in [2.05, 4.69) is 15.6 Å². The van der Waals surface area contributed by atoms with Crippen LogP contribution in [0.5, 0.6) is 0 Å². The van der Waals surface area contributed by atoms with Gasteiger partial charge in [-0.25, -0.2) is 9.78 Å². The molecule has 1 aliphatic carbocycles. The van der Waals surface area contributed by atoms with Crippen molar-refractivity contribution in [3.05, 3.63) is 87.0 Å². The van der Waals surface area contributed by atoms with Gasteiger partial charge in [0, 0.05) is 17.4 Å². The SMILES string of the molecule is COC(=O)Cn1c(=O)n(CC(=O)Nc2ccc3c(c2)CC2(C3)C(=O)Nc3ncccc32)c2cc(C)cc(C)c21. The van der Waals surface area contributed by atoms with Crippen LogP contribution in [0.2, 0.25) is 0 Å². The van der Waals surface area contributed by atoms with Gasteiger partial charge < -0.3 is 15.4 Å². The van der Waals surface area contributed by atoms with E-state index in [-0.39, 0.29) is 24.9 Å². The number of aromatic nitrogens is 3. The summed E-state index contributed by atoms with van der Waals surface area (Å²) in [6.07, 6.45) is 2.74. The molecule has 2 aromatic heterocycles. The number of carbonyl (C=O) groups excluding carboxylic acids is 3. The Morgan fingerprint density at radius 2 is 1.85 bits per heavy atom. The maximum absolute atomic E-state index is 13.3. The van der Waals surface area contributed by atoms with Crippen molar-refractivity contribution in [3.63, 3.8) is 0 Å². The fraction of sp³-hybridized carbons (Fsp3) is 0.276. The van der Waals surface area contributed by atoms with Gasteiger partial charge in [0.2, 0.25) is 11.8 Å². The first-order valence-electron chi connectivity index (χ1n) is 12.7. The Hall–Kier alpha value is -4.73. The van der Waals surface area contributed by atoms with Crippen LogP contribution in [0, 0.1) is 13.8 Å². The van der Waals surface area contributed by atoms with Gasteiger partial charge in [0.15, 0.2) is 0 Å². The third-order valence-corrected chi connectivity index (χ3v) is 7.73. The molecule has 0 fully saturated rings. The van der Waals surface area contributed by atoms with Crippen molar-refractivity contribution < 1.29 is 19.1 Å². The number of rotatable bonds is 5. The van der Waals surface area contributed by atoms with Crippen LogP contribution >= 0.6 is 0 Å². The number of hydrogen-bond acceptors (Lipinski definition) is 6. The summed E-state index contributed by atoms with van der Waals surface area (Å²) in [5.41, 5.74) is 5.28. The smallest absolute Gasteiger partial charge is 0.330 e. The van der Waals surface area contributed by atoms with Crippen LogP contribution in [0.15, 0.2) is 53.5 Å². The number of hydrogen-bond donors (Lipinski definition) is 2. The molecule has 2 aromatic carbocycles. The summed E-state index contributed by atoms with van der Waals surface area (Å²) in [7, 11) is 1.27. The van der Waals surface area contributed by atoms with Gasteiger partial charge in [0.05, 0.1) is 23.6 Å². The number of esters is 1. The van der Waals surface area contributed by atoms with Gasteiger partial charge in [-0.05, 0) is 73.2 Å². The van der Waals surface area contributed by atoms with Gasteiger partial charge in [-0.15, -0.1) is 0 Å². The fourth-order valence-electron chi connectivity index (χ4n) is 6.02. The highest BCUT2D eigenvalue weighted by Gasteiger charge is 2.51. The van der Waals surface area contributed by atoms with Gasteiger partial charge >= 0.3 is 11.7 Å². The van der Waals surface area contributed by atoms with Crippen molar-refractivity contribution in [3.8, 4) is 0 Å². The van der Waals surface area contributed by atoms with E-state index in [0.717, 1.165) is 27.8 Å². The van der Waals surface area contributed by atoms with E-state index >= 15 is 0 Å². The number of carbonyl (C=O) groups is 3. The second-order valence-corrected chi connectivity index (χ2v) is 10.3. The second kappa shape index (κ2) is 8.93. The van der Waals surface area contributed by atoms with Crippen molar-refractivity contribution in [2.75, 3.05) is 17.7 Å². The number of ether oxygens (including phenoxy) is 1. The summed E-state index contributed by atoms with van der Waals surface area (Å²) in [6, 6.07) is 13.2. The van der Waals surface area contributed by atoms with E-state index in [1.807, 2.05) is 56.3 Å². The average molecular weight is 526 g/mol. The van der Waals surface area contributed by atoms with E-state index < -0.39 is 17.1 Å². The molecule has 1 atom stereocenters. The maximum atomic E-state index is 13.3. The summed E-state index contributed by atoms with van der Waals surface area (Å²) in [4.78, 5) is 55.8. The van der Waals surface area contributed by atoms with E-state index in [0.29, 0.717) is 35.4 Å². The van der Waals surface area contributed by atoms with Crippen molar-refractivity contribution in [1.29, 1.82) is 0 Å². The molecule has 0 bridgehead atoms. The molecule has 198 valence electrons. The zero-order valence-corrected chi connectivity index (χ0v) is 21.8. The molecule has 10 nitrogen and oxygen atoms in total. The minimum absolute atomic E-state index is 0.0636. The fourth-order valence-corrected chi connectivity index (χ4v) is 6.02. The quantitative estimate of drug-likeness (QED) is 0.386. The molecule has 0 radical (unpaired) electrons. The predicted molar refractivity (Wildman–Crippen MR) is 145 cm³/mol. The summed E-state index contributed by atoms with van der Waals surface area (Å²) in [5, 5.41) is 5.80. The number of nitrogens with one attached hydrogen (secondary N) is 2. The number of nitrogens with zero attached hydrogens (tertiary/aromatic N) is 3. The molecule has 3 heterocycles. The number of imidazole rings is 1. The van der Waals surface area contributed by atoms with E-state index in [1.54, 1.807) is 6.20 Å². The van der Waals surface area contributed by atoms with Crippen LogP contribution in [0.4, 0.5) is 11.5 Å². The van der Waals surface area contributed by atoms with E-state index in [9.17, 15) is 19.2 Å². The third-order valence-electron chi connectivity index (χ3n) is 7.73. The standard InChI is InChI=1S/C29H27N5O5/c1-16-9-17(2)25-22(10-16)33(28(38)34(25)15-24(36)39-3)14-23(35)31-20-7-6-18-12-29(13-19(18)11-20)21-5-4-8-30-26(21)32-27(29)37/h4-11H,12-15H2,1-3H3,(H,31,35)(H,30,32,37). The predicted octanol–water partition coefficient (Wildman–Crippen LogP) is 2.62. The Morgan fingerprint density at radius 3 is 2.64 bits per heavy atom. The highest BCUT2D eigenvalue weighted by atomic mass is 16.5. The summed E-state index contributed by atoms with van der Waals surface area (Å²) >= 11 is 0. The van der Waals surface area contributed by atoms with E-state index in [4.69, 9.17) is 4.74 Å². The summed E-state index contributed by atoms with van der Waals surface area (Å²) in [6.45, 7) is 3.30. The van der Waals surface area contributed by atoms with Crippen LogP contribution < -0.4 is 16.3 Å². The Bertz CT molecular complexity index is 1770. The Balaban J connectivity index is 1.27. The molecule has 1 spiro atoms. The number of benzene rings is 2. The van der Waals surface area contributed by atoms with Gasteiger partial charge in [-0.1, -0.05) is 18.2 Å². The number of fused-ring (bicyclic) bond motifs is 4. The molecule has 6 rings (SSSR count).